The van der Waals surface area contributed by atoms with Crippen molar-refractivity contribution in [2.75, 3.05) is 0 Å². The molecule has 1 aliphatic heterocycles. The van der Waals surface area contributed by atoms with Crippen LogP contribution in [-0.4, -0.2) is 11.8 Å². The second kappa shape index (κ2) is 2.48. The van der Waals surface area contributed by atoms with Crippen LogP contribution >= 0.6 is 0 Å². The summed E-state index contributed by atoms with van der Waals surface area (Å²) in [7, 11) is 0. The first-order chi connectivity index (χ1) is 7.15. The molecule has 1 saturated carbocycles. The fraction of sp³-hybridized carbons (Fsp3) is 0.333. The highest BCUT2D eigenvalue weighted by atomic mass is 16.2. The van der Waals surface area contributed by atoms with E-state index in [2.05, 4.69) is 5.32 Å². The molecule has 76 valence electrons. The third-order valence-corrected chi connectivity index (χ3v) is 3.68. The quantitative estimate of drug-likeness (QED) is 0.691. The molecule has 2 fully saturated rings. The van der Waals surface area contributed by atoms with Crippen molar-refractivity contribution in [1.82, 2.24) is 5.32 Å². The van der Waals surface area contributed by atoms with Gasteiger partial charge in [0, 0.05) is 5.92 Å². The van der Waals surface area contributed by atoms with Gasteiger partial charge in [-0.05, 0) is 12.5 Å². The zero-order valence-corrected chi connectivity index (χ0v) is 8.36. The van der Waals surface area contributed by atoms with Gasteiger partial charge in [-0.15, -0.1) is 0 Å². The van der Waals surface area contributed by atoms with Gasteiger partial charge >= 0.3 is 0 Å². The first kappa shape index (κ1) is 8.65. The van der Waals surface area contributed by atoms with Gasteiger partial charge in [0.05, 0.1) is 11.3 Å². The SMILES string of the molecule is CC12C(=O)NC(=O)C1C2c1ccccc1. The highest BCUT2D eigenvalue weighted by molar-refractivity contribution is 6.13. The van der Waals surface area contributed by atoms with Gasteiger partial charge in [0.15, 0.2) is 0 Å². The average Bonchev–Trinajstić information content (AvgIpc) is 2.81. The number of fused-ring (bicyclic) bond motifs is 1. The van der Waals surface area contributed by atoms with Gasteiger partial charge in [-0.2, -0.15) is 0 Å². The van der Waals surface area contributed by atoms with E-state index >= 15 is 0 Å². The topological polar surface area (TPSA) is 46.2 Å². The molecule has 3 heteroatoms. The lowest BCUT2D eigenvalue weighted by atomic mass is 10.0. The van der Waals surface area contributed by atoms with E-state index in [0.29, 0.717) is 0 Å². The Morgan fingerprint density at radius 3 is 2.33 bits per heavy atom. The molecule has 1 aliphatic carbocycles. The Morgan fingerprint density at radius 2 is 1.80 bits per heavy atom. The number of piperidine rings is 1. The maximum Gasteiger partial charge on any atom is 0.233 e. The fourth-order valence-corrected chi connectivity index (χ4v) is 2.74. The maximum atomic E-state index is 11.6. The van der Waals surface area contributed by atoms with Crippen molar-refractivity contribution in [2.24, 2.45) is 11.3 Å². The summed E-state index contributed by atoms with van der Waals surface area (Å²) in [5.74, 6) is -0.296. The molecule has 1 aromatic carbocycles. The molecule has 0 aromatic heterocycles. The number of carbonyl (C=O) groups excluding carboxylic acids is 2. The van der Waals surface area contributed by atoms with Crippen molar-refractivity contribution in [3.8, 4) is 0 Å². The summed E-state index contributed by atoms with van der Waals surface area (Å²) in [5.41, 5.74) is 0.603. The predicted molar refractivity (Wildman–Crippen MR) is 53.9 cm³/mol. The minimum Gasteiger partial charge on any atom is -0.296 e. The molecule has 3 unspecified atom stereocenters. The van der Waals surface area contributed by atoms with E-state index in [1.807, 2.05) is 37.3 Å². The molecule has 0 radical (unpaired) electrons. The molecule has 3 nitrogen and oxygen atoms in total. The van der Waals surface area contributed by atoms with Crippen LogP contribution in [0.1, 0.15) is 18.4 Å². The Kier molecular flexibility index (Phi) is 1.43. The molecule has 3 atom stereocenters. The minimum atomic E-state index is -0.488. The van der Waals surface area contributed by atoms with Gasteiger partial charge in [-0.3, -0.25) is 14.9 Å². The maximum absolute atomic E-state index is 11.6. The van der Waals surface area contributed by atoms with E-state index in [1.165, 1.54) is 0 Å². The fourth-order valence-electron chi connectivity index (χ4n) is 2.74. The summed E-state index contributed by atoms with van der Waals surface area (Å²) in [6.07, 6.45) is 0. The predicted octanol–water partition coefficient (Wildman–Crippen LogP) is 1.06. The second-order valence-corrected chi connectivity index (χ2v) is 4.47. The zero-order chi connectivity index (χ0) is 10.6. The summed E-state index contributed by atoms with van der Waals surface area (Å²) in [6.45, 7) is 1.87. The molecule has 3 rings (SSSR count). The number of nitrogens with one attached hydrogen (secondary N) is 1. The molecule has 1 heterocycles. The highest BCUT2D eigenvalue weighted by Crippen LogP contribution is 2.67. The van der Waals surface area contributed by atoms with Crippen LogP contribution in [0.5, 0.6) is 0 Å². The molecule has 0 bridgehead atoms. The van der Waals surface area contributed by atoms with Crippen LogP contribution in [0, 0.1) is 11.3 Å². The van der Waals surface area contributed by atoms with E-state index in [4.69, 9.17) is 0 Å². The number of amides is 2. The van der Waals surface area contributed by atoms with E-state index in [-0.39, 0.29) is 23.7 Å². The van der Waals surface area contributed by atoms with Crippen molar-refractivity contribution >= 4 is 11.8 Å². The van der Waals surface area contributed by atoms with E-state index in [0.717, 1.165) is 5.56 Å². The molecule has 1 aromatic rings. The summed E-state index contributed by atoms with van der Waals surface area (Å²) < 4.78 is 0. The van der Waals surface area contributed by atoms with Crippen LogP contribution in [0.25, 0.3) is 0 Å². The molecule has 2 amide bonds. The molecule has 1 N–H and O–H groups in total. The Labute approximate surface area is 87.5 Å². The Balaban J connectivity index is 2.01. The zero-order valence-electron chi connectivity index (χ0n) is 8.36. The second-order valence-electron chi connectivity index (χ2n) is 4.47. The van der Waals surface area contributed by atoms with Crippen LogP contribution in [-0.2, 0) is 9.59 Å². The highest BCUT2D eigenvalue weighted by Gasteiger charge is 2.74. The van der Waals surface area contributed by atoms with Gasteiger partial charge in [-0.1, -0.05) is 30.3 Å². The molecule has 15 heavy (non-hydrogen) atoms. The van der Waals surface area contributed by atoms with Gasteiger partial charge in [0.25, 0.3) is 0 Å². The molecule has 0 spiro atoms. The van der Waals surface area contributed by atoms with Crippen LogP contribution in [0.15, 0.2) is 30.3 Å². The van der Waals surface area contributed by atoms with E-state index in [9.17, 15) is 9.59 Å². The third-order valence-electron chi connectivity index (χ3n) is 3.68. The Hall–Kier alpha value is -1.64. The van der Waals surface area contributed by atoms with E-state index < -0.39 is 5.41 Å². The summed E-state index contributed by atoms with van der Waals surface area (Å²) in [6, 6.07) is 9.78. The van der Waals surface area contributed by atoms with Crippen LogP contribution in [0.4, 0.5) is 0 Å². The lowest BCUT2D eigenvalue weighted by molar-refractivity contribution is -0.128. The summed E-state index contributed by atoms with van der Waals surface area (Å²) in [5, 5.41) is 2.38. The van der Waals surface area contributed by atoms with Gasteiger partial charge in [0.2, 0.25) is 11.8 Å². The Bertz CT molecular complexity index is 454. The number of benzene rings is 1. The number of rotatable bonds is 1. The normalized spacial score (nSPS) is 37.4. The molecular formula is C12H11NO2. The molecular weight excluding hydrogens is 190 g/mol. The molecule has 1 saturated heterocycles. The van der Waals surface area contributed by atoms with Crippen molar-refractivity contribution in [2.45, 2.75) is 12.8 Å². The summed E-state index contributed by atoms with van der Waals surface area (Å²) in [4.78, 5) is 23.1. The average molecular weight is 201 g/mol. The van der Waals surface area contributed by atoms with Crippen LogP contribution in [0.2, 0.25) is 0 Å². The van der Waals surface area contributed by atoms with Crippen molar-refractivity contribution in [1.29, 1.82) is 0 Å². The van der Waals surface area contributed by atoms with E-state index in [1.54, 1.807) is 0 Å². The standard InChI is InChI=1S/C12H11NO2/c1-12-8(7-5-3-2-4-6-7)9(12)10(14)13-11(12)15/h2-6,8-9H,1H3,(H,13,14,15). The number of imide groups is 1. The van der Waals surface area contributed by atoms with Crippen LogP contribution < -0.4 is 5.32 Å². The minimum absolute atomic E-state index is 0.0833. The number of hydrogen-bond acceptors (Lipinski definition) is 2. The first-order valence-electron chi connectivity index (χ1n) is 5.06. The Morgan fingerprint density at radius 1 is 1.13 bits per heavy atom. The lowest BCUT2D eigenvalue weighted by Gasteiger charge is -2.07. The van der Waals surface area contributed by atoms with Crippen molar-refractivity contribution < 1.29 is 9.59 Å². The number of hydrogen-bond donors (Lipinski definition) is 1. The van der Waals surface area contributed by atoms with Gasteiger partial charge in [-0.25, -0.2) is 0 Å². The monoisotopic (exact) mass is 201 g/mol. The van der Waals surface area contributed by atoms with Crippen LogP contribution in [0.3, 0.4) is 0 Å². The van der Waals surface area contributed by atoms with Gasteiger partial charge < -0.3 is 0 Å². The van der Waals surface area contributed by atoms with Crippen molar-refractivity contribution in [3.63, 3.8) is 0 Å². The van der Waals surface area contributed by atoms with Gasteiger partial charge in [0.1, 0.15) is 0 Å². The molecule has 2 aliphatic rings. The first-order valence-corrected chi connectivity index (χ1v) is 5.06. The lowest BCUT2D eigenvalue weighted by Crippen LogP contribution is -2.29. The van der Waals surface area contributed by atoms with Crippen molar-refractivity contribution in [3.05, 3.63) is 35.9 Å². The third kappa shape index (κ3) is 0.902. The smallest absolute Gasteiger partial charge is 0.233 e. The number of carbonyl (C=O) groups is 2. The summed E-state index contributed by atoms with van der Waals surface area (Å²) >= 11 is 0. The largest absolute Gasteiger partial charge is 0.296 e.